The van der Waals surface area contributed by atoms with Crippen LogP contribution in [0.5, 0.6) is 5.75 Å². The maximum absolute atomic E-state index is 10.4. The lowest BCUT2D eigenvalue weighted by atomic mass is 10.1. The lowest BCUT2D eigenvalue weighted by Gasteiger charge is -2.12. The molecule has 0 aliphatic carbocycles. The van der Waals surface area contributed by atoms with Gasteiger partial charge in [-0.05, 0) is 37.5 Å². The van der Waals surface area contributed by atoms with Gasteiger partial charge in [0.05, 0.1) is 0 Å². The summed E-state index contributed by atoms with van der Waals surface area (Å²) in [4.78, 5) is 10.4. The molecule has 0 aliphatic heterocycles. The van der Waals surface area contributed by atoms with Crippen molar-refractivity contribution in [3.63, 3.8) is 0 Å². The Balaban J connectivity index is 2.88. The monoisotopic (exact) mass is 192 g/mol. The summed E-state index contributed by atoms with van der Waals surface area (Å²) in [7, 11) is 0. The lowest BCUT2D eigenvalue weighted by molar-refractivity contribution is -0.113. The van der Waals surface area contributed by atoms with Crippen molar-refractivity contribution < 1.29 is 9.53 Å². The van der Waals surface area contributed by atoms with Crippen LogP contribution in [0.15, 0.2) is 18.2 Å². The molecule has 76 valence electrons. The minimum atomic E-state index is -0.374. The first-order chi connectivity index (χ1) is 6.67. The molecule has 0 saturated heterocycles. The first-order valence-corrected chi connectivity index (χ1v) is 4.88. The van der Waals surface area contributed by atoms with Crippen molar-refractivity contribution in [2.24, 2.45) is 0 Å². The maximum Gasteiger partial charge on any atom is 0.160 e. The summed E-state index contributed by atoms with van der Waals surface area (Å²) in [6.07, 6.45) is 1.41. The summed E-state index contributed by atoms with van der Waals surface area (Å²) in [5.41, 5.74) is 2.29. The van der Waals surface area contributed by atoms with Gasteiger partial charge in [0.25, 0.3) is 0 Å². The fourth-order valence-electron chi connectivity index (χ4n) is 1.22. The zero-order valence-corrected chi connectivity index (χ0v) is 8.91. The van der Waals surface area contributed by atoms with Crippen LogP contribution in [-0.4, -0.2) is 12.4 Å². The highest BCUT2D eigenvalue weighted by molar-refractivity contribution is 5.56. The van der Waals surface area contributed by atoms with Gasteiger partial charge in [-0.15, -0.1) is 0 Å². The Morgan fingerprint density at radius 2 is 2.21 bits per heavy atom. The number of ether oxygens (including phenoxy) is 1. The van der Waals surface area contributed by atoms with Crippen molar-refractivity contribution in [1.29, 1.82) is 0 Å². The van der Waals surface area contributed by atoms with Crippen molar-refractivity contribution in [3.8, 4) is 5.75 Å². The fourth-order valence-corrected chi connectivity index (χ4v) is 1.22. The predicted octanol–water partition coefficient (Wildman–Crippen LogP) is 2.52. The number of rotatable bonds is 4. The van der Waals surface area contributed by atoms with E-state index in [9.17, 15) is 4.79 Å². The van der Waals surface area contributed by atoms with E-state index in [0.29, 0.717) is 0 Å². The van der Waals surface area contributed by atoms with Crippen molar-refractivity contribution in [3.05, 3.63) is 29.3 Å². The quantitative estimate of drug-likeness (QED) is 0.685. The van der Waals surface area contributed by atoms with Gasteiger partial charge in [0, 0.05) is 0 Å². The molecule has 0 heterocycles. The van der Waals surface area contributed by atoms with Crippen LogP contribution >= 0.6 is 0 Å². The second-order valence-electron chi connectivity index (χ2n) is 3.41. The van der Waals surface area contributed by atoms with Gasteiger partial charge < -0.3 is 4.74 Å². The maximum atomic E-state index is 10.4. The van der Waals surface area contributed by atoms with Crippen LogP contribution in [0.4, 0.5) is 0 Å². The third kappa shape index (κ3) is 2.59. The van der Waals surface area contributed by atoms with Gasteiger partial charge in [-0.3, -0.25) is 4.79 Å². The van der Waals surface area contributed by atoms with Crippen LogP contribution in [0.1, 0.15) is 25.0 Å². The molecule has 0 bridgehead atoms. The molecule has 0 fully saturated rings. The first-order valence-electron chi connectivity index (χ1n) is 4.88. The number of carbonyl (C=O) groups excluding carboxylic acids is 1. The number of hydrogen-bond acceptors (Lipinski definition) is 2. The Morgan fingerprint density at radius 3 is 2.79 bits per heavy atom. The average Bonchev–Trinajstić information content (AvgIpc) is 2.21. The SMILES string of the molecule is CCc1ccc(C)c(OC(C)C=O)c1. The zero-order valence-electron chi connectivity index (χ0n) is 8.91. The van der Waals surface area contributed by atoms with E-state index in [1.165, 1.54) is 5.56 Å². The summed E-state index contributed by atoms with van der Waals surface area (Å²) >= 11 is 0. The van der Waals surface area contributed by atoms with E-state index in [4.69, 9.17) is 4.74 Å². The molecule has 0 aromatic heterocycles. The average molecular weight is 192 g/mol. The third-order valence-corrected chi connectivity index (χ3v) is 2.17. The van der Waals surface area contributed by atoms with Crippen molar-refractivity contribution in [2.75, 3.05) is 0 Å². The van der Waals surface area contributed by atoms with Crippen LogP contribution < -0.4 is 4.74 Å². The highest BCUT2D eigenvalue weighted by Gasteiger charge is 2.05. The third-order valence-electron chi connectivity index (χ3n) is 2.17. The van der Waals surface area contributed by atoms with Crippen LogP contribution in [0.2, 0.25) is 0 Å². The molecule has 0 N–H and O–H groups in total. The lowest BCUT2D eigenvalue weighted by Crippen LogP contribution is -2.13. The topological polar surface area (TPSA) is 26.3 Å². The molecule has 14 heavy (non-hydrogen) atoms. The number of carbonyl (C=O) groups is 1. The van der Waals surface area contributed by atoms with Crippen molar-refractivity contribution >= 4 is 6.29 Å². The molecular formula is C12H16O2. The molecule has 0 amide bonds. The summed E-state index contributed by atoms with van der Waals surface area (Å²) in [6, 6.07) is 6.09. The highest BCUT2D eigenvalue weighted by Crippen LogP contribution is 2.20. The van der Waals surface area contributed by atoms with Gasteiger partial charge in [-0.1, -0.05) is 19.1 Å². The van der Waals surface area contributed by atoms with E-state index in [2.05, 4.69) is 13.0 Å². The Labute approximate surface area is 84.9 Å². The Kier molecular flexibility index (Phi) is 3.69. The van der Waals surface area contributed by atoms with Crippen LogP contribution in [0.25, 0.3) is 0 Å². The van der Waals surface area contributed by atoms with Crippen LogP contribution in [0.3, 0.4) is 0 Å². The van der Waals surface area contributed by atoms with E-state index in [0.717, 1.165) is 24.0 Å². The fraction of sp³-hybridized carbons (Fsp3) is 0.417. The predicted molar refractivity (Wildman–Crippen MR) is 56.7 cm³/mol. The molecule has 1 rings (SSSR count). The van der Waals surface area contributed by atoms with Gasteiger partial charge in [0.2, 0.25) is 0 Å². The normalized spacial score (nSPS) is 12.2. The minimum absolute atomic E-state index is 0.374. The molecular weight excluding hydrogens is 176 g/mol. The van der Waals surface area contributed by atoms with Gasteiger partial charge in [0.1, 0.15) is 5.75 Å². The molecule has 1 aromatic rings. The summed E-state index contributed by atoms with van der Waals surface area (Å²) in [5.74, 6) is 0.809. The van der Waals surface area contributed by atoms with E-state index in [1.807, 2.05) is 19.1 Å². The van der Waals surface area contributed by atoms with Gasteiger partial charge >= 0.3 is 0 Å². The number of benzene rings is 1. The first kappa shape index (κ1) is 10.8. The Hall–Kier alpha value is -1.31. The van der Waals surface area contributed by atoms with Gasteiger partial charge in [-0.2, -0.15) is 0 Å². The molecule has 1 unspecified atom stereocenters. The highest BCUT2D eigenvalue weighted by atomic mass is 16.5. The molecule has 2 heteroatoms. The van der Waals surface area contributed by atoms with Crippen molar-refractivity contribution in [1.82, 2.24) is 0 Å². The standard InChI is InChI=1S/C12H16O2/c1-4-11-6-5-9(2)12(7-11)14-10(3)8-13/h5-8,10H,4H2,1-3H3. The summed E-state index contributed by atoms with van der Waals surface area (Å²) < 4.78 is 5.47. The number of hydrogen-bond donors (Lipinski definition) is 0. The van der Waals surface area contributed by atoms with Gasteiger partial charge in [0.15, 0.2) is 12.4 Å². The van der Waals surface area contributed by atoms with E-state index in [1.54, 1.807) is 6.92 Å². The van der Waals surface area contributed by atoms with Crippen LogP contribution in [0, 0.1) is 6.92 Å². The molecule has 0 radical (unpaired) electrons. The zero-order chi connectivity index (χ0) is 10.6. The summed E-state index contributed by atoms with van der Waals surface area (Å²) in [5, 5.41) is 0. The second kappa shape index (κ2) is 4.80. The molecule has 2 nitrogen and oxygen atoms in total. The number of aryl methyl sites for hydroxylation is 2. The van der Waals surface area contributed by atoms with Crippen LogP contribution in [-0.2, 0) is 11.2 Å². The number of aldehydes is 1. The smallest absolute Gasteiger partial charge is 0.160 e. The Bertz CT molecular complexity index is 318. The van der Waals surface area contributed by atoms with Gasteiger partial charge in [-0.25, -0.2) is 0 Å². The summed E-state index contributed by atoms with van der Waals surface area (Å²) in [6.45, 7) is 5.81. The minimum Gasteiger partial charge on any atom is -0.483 e. The van der Waals surface area contributed by atoms with E-state index in [-0.39, 0.29) is 6.10 Å². The molecule has 1 atom stereocenters. The van der Waals surface area contributed by atoms with E-state index >= 15 is 0 Å². The molecule has 0 spiro atoms. The second-order valence-corrected chi connectivity index (χ2v) is 3.41. The molecule has 1 aromatic carbocycles. The largest absolute Gasteiger partial charge is 0.483 e. The molecule has 0 saturated carbocycles. The van der Waals surface area contributed by atoms with E-state index < -0.39 is 0 Å². The van der Waals surface area contributed by atoms with Crippen molar-refractivity contribution in [2.45, 2.75) is 33.3 Å². The Morgan fingerprint density at radius 1 is 1.50 bits per heavy atom. The molecule has 0 aliphatic rings.